The number of nitrogens with two attached hydrogens (primary N) is 1. The molecule has 1 aromatic rings. The molecular formula is C13H16ClN3O3. The third-order valence-corrected chi connectivity index (χ3v) is 4.00. The summed E-state index contributed by atoms with van der Waals surface area (Å²) in [5, 5.41) is 13.6. The second-order valence-electron chi connectivity index (χ2n) is 4.93. The fraction of sp³-hybridized carbons (Fsp3) is 0.462. The molecule has 0 aliphatic heterocycles. The van der Waals surface area contributed by atoms with E-state index in [4.69, 9.17) is 17.3 Å². The highest BCUT2D eigenvalue weighted by Gasteiger charge is 2.28. The fourth-order valence-electron chi connectivity index (χ4n) is 2.56. The number of halogens is 1. The van der Waals surface area contributed by atoms with Gasteiger partial charge in [0.05, 0.1) is 15.5 Å². The molecule has 0 spiro atoms. The van der Waals surface area contributed by atoms with Crippen molar-refractivity contribution < 1.29 is 9.72 Å². The van der Waals surface area contributed by atoms with E-state index in [9.17, 15) is 14.9 Å². The molecule has 3 N–H and O–H groups in total. The van der Waals surface area contributed by atoms with Gasteiger partial charge in [0.1, 0.15) is 0 Å². The van der Waals surface area contributed by atoms with E-state index in [1.807, 2.05) is 0 Å². The van der Waals surface area contributed by atoms with E-state index in [0.717, 1.165) is 19.3 Å². The van der Waals surface area contributed by atoms with Gasteiger partial charge in [-0.15, -0.1) is 0 Å². The standard InChI is InChI=1S/C13H16ClN3O3/c14-11-6-9(17(19)20)4-5-10(11)13(18)16-12-3-1-2-8(12)7-15/h4-6,8,12H,1-3,7,15H2,(H,16,18). The summed E-state index contributed by atoms with van der Waals surface area (Å²) in [7, 11) is 0. The molecule has 20 heavy (non-hydrogen) atoms. The first-order valence-electron chi connectivity index (χ1n) is 6.47. The van der Waals surface area contributed by atoms with Crippen molar-refractivity contribution in [3.8, 4) is 0 Å². The topological polar surface area (TPSA) is 98.3 Å². The molecule has 0 bridgehead atoms. The molecule has 0 heterocycles. The van der Waals surface area contributed by atoms with Crippen molar-refractivity contribution in [2.75, 3.05) is 6.54 Å². The summed E-state index contributed by atoms with van der Waals surface area (Å²) >= 11 is 5.93. The van der Waals surface area contributed by atoms with Crippen LogP contribution in [0.5, 0.6) is 0 Å². The van der Waals surface area contributed by atoms with Gasteiger partial charge in [-0.1, -0.05) is 18.0 Å². The summed E-state index contributed by atoms with van der Waals surface area (Å²) in [6.45, 7) is 0.541. The Morgan fingerprint density at radius 1 is 1.50 bits per heavy atom. The molecule has 1 aliphatic rings. The van der Waals surface area contributed by atoms with E-state index in [1.165, 1.54) is 18.2 Å². The van der Waals surface area contributed by atoms with Crippen molar-refractivity contribution in [2.45, 2.75) is 25.3 Å². The molecule has 2 atom stereocenters. The van der Waals surface area contributed by atoms with Gasteiger partial charge in [-0.25, -0.2) is 0 Å². The fourth-order valence-corrected chi connectivity index (χ4v) is 2.82. The highest BCUT2D eigenvalue weighted by molar-refractivity contribution is 6.34. The van der Waals surface area contributed by atoms with Crippen molar-refractivity contribution in [3.05, 3.63) is 38.9 Å². The van der Waals surface area contributed by atoms with Crippen LogP contribution in [0, 0.1) is 16.0 Å². The van der Waals surface area contributed by atoms with Crippen molar-refractivity contribution >= 4 is 23.2 Å². The predicted octanol–water partition coefficient (Wildman–Crippen LogP) is 2.11. The van der Waals surface area contributed by atoms with Gasteiger partial charge in [-0.3, -0.25) is 14.9 Å². The van der Waals surface area contributed by atoms with Crippen molar-refractivity contribution in [1.82, 2.24) is 5.32 Å². The normalized spacial score (nSPS) is 21.7. The third kappa shape index (κ3) is 3.08. The van der Waals surface area contributed by atoms with Gasteiger partial charge in [-0.2, -0.15) is 0 Å². The van der Waals surface area contributed by atoms with E-state index < -0.39 is 4.92 Å². The molecule has 7 heteroatoms. The number of rotatable bonds is 4. The van der Waals surface area contributed by atoms with Crippen LogP contribution in [0.3, 0.4) is 0 Å². The highest BCUT2D eigenvalue weighted by atomic mass is 35.5. The summed E-state index contributed by atoms with van der Waals surface area (Å²) in [6.07, 6.45) is 2.95. The van der Waals surface area contributed by atoms with E-state index in [0.29, 0.717) is 6.54 Å². The van der Waals surface area contributed by atoms with Gasteiger partial charge in [0.15, 0.2) is 0 Å². The van der Waals surface area contributed by atoms with Crippen LogP contribution in [0.1, 0.15) is 29.6 Å². The summed E-state index contributed by atoms with van der Waals surface area (Å²) < 4.78 is 0. The number of non-ortho nitro benzene ring substituents is 1. The van der Waals surface area contributed by atoms with Crippen LogP contribution in [0.4, 0.5) is 5.69 Å². The van der Waals surface area contributed by atoms with Gasteiger partial charge < -0.3 is 11.1 Å². The molecule has 1 saturated carbocycles. The van der Waals surface area contributed by atoms with Gasteiger partial charge in [-0.05, 0) is 31.4 Å². The summed E-state index contributed by atoms with van der Waals surface area (Å²) in [6, 6.07) is 3.89. The van der Waals surface area contributed by atoms with E-state index in [2.05, 4.69) is 5.32 Å². The van der Waals surface area contributed by atoms with E-state index in [-0.39, 0.29) is 34.1 Å². The second kappa shape index (κ2) is 6.19. The molecule has 1 amide bonds. The summed E-state index contributed by atoms with van der Waals surface area (Å²) in [4.78, 5) is 22.2. The molecule has 2 rings (SSSR count). The maximum Gasteiger partial charge on any atom is 0.270 e. The first-order valence-corrected chi connectivity index (χ1v) is 6.85. The van der Waals surface area contributed by atoms with Crippen molar-refractivity contribution in [2.24, 2.45) is 11.7 Å². The lowest BCUT2D eigenvalue weighted by Gasteiger charge is -2.19. The monoisotopic (exact) mass is 297 g/mol. The van der Waals surface area contributed by atoms with Crippen LogP contribution in [-0.4, -0.2) is 23.4 Å². The molecule has 0 saturated heterocycles. The zero-order valence-electron chi connectivity index (χ0n) is 10.8. The largest absolute Gasteiger partial charge is 0.349 e. The molecule has 0 aromatic heterocycles. The number of hydrogen-bond acceptors (Lipinski definition) is 4. The Morgan fingerprint density at radius 2 is 2.25 bits per heavy atom. The van der Waals surface area contributed by atoms with Crippen molar-refractivity contribution in [1.29, 1.82) is 0 Å². The summed E-state index contributed by atoms with van der Waals surface area (Å²) in [5.74, 6) is -0.0222. The number of nitro groups is 1. The molecule has 6 nitrogen and oxygen atoms in total. The smallest absolute Gasteiger partial charge is 0.270 e. The van der Waals surface area contributed by atoms with Crippen molar-refractivity contribution in [3.63, 3.8) is 0 Å². The molecule has 108 valence electrons. The van der Waals surface area contributed by atoms with Crippen LogP contribution < -0.4 is 11.1 Å². The molecule has 0 radical (unpaired) electrons. The molecule has 2 unspecified atom stereocenters. The number of benzene rings is 1. The van der Waals surface area contributed by atoms with Crippen LogP contribution in [0.15, 0.2) is 18.2 Å². The van der Waals surface area contributed by atoms with E-state index >= 15 is 0 Å². The predicted molar refractivity (Wildman–Crippen MR) is 75.8 cm³/mol. The number of hydrogen-bond donors (Lipinski definition) is 2. The van der Waals surface area contributed by atoms with Gasteiger partial charge in [0.2, 0.25) is 0 Å². The zero-order chi connectivity index (χ0) is 14.7. The Bertz CT molecular complexity index is 536. The highest BCUT2D eigenvalue weighted by Crippen LogP contribution is 2.26. The minimum absolute atomic E-state index is 0.0544. The second-order valence-corrected chi connectivity index (χ2v) is 5.34. The van der Waals surface area contributed by atoms with Crippen LogP contribution in [0.2, 0.25) is 5.02 Å². The van der Waals surface area contributed by atoms with Crippen LogP contribution in [-0.2, 0) is 0 Å². The number of carbonyl (C=O) groups is 1. The minimum Gasteiger partial charge on any atom is -0.349 e. The number of nitrogens with one attached hydrogen (secondary N) is 1. The lowest BCUT2D eigenvalue weighted by atomic mass is 10.0. The number of nitrogens with zero attached hydrogens (tertiary/aromatic N) is 1. The number of nitro benzene ring substituents is 1. The molecule has 1 aliphatic carbocycles. The Morgan fingerprint density at radius 3 is 2.85 bits per heavy atom. The number of carbonyl (C=O) groups excluding carboxylic acids is 1. The first kappa shape index (κ1) is 14.7. The Labute approximate surface area is 121 Å². The quantitative estimate of drug-likeness (QED) is 0.657. The van der Waals surface area contributed by atoms with Gasteiger partial charge in [0.25, 0.3) is 11.6 Å². The average molecular weight is 298 g/mol. The maximum absolute atomic E-state index is 12.2. The van der Waals surface area contributed by atoms with E-state index in [1.54, 1.807) is 0 Å². The lowest BCUT2D eigenvalue weighted by Crippen LogP contribution is -2.39. The minimum atomic E-state index is -0.547. The maximum atomic E-state index is 12.2. The zero-order valence-corrected chi connectivity index (χ0v) is 11.6. The Kier molecular flexibility index (Phi) is 4.57. The first-order chi connectivity index (χ1) is 9.52. The molecular weight excluding hydrogens is 282 g/mol. The summed E-state index contributed by atoms with van der Waals surface area (Å²) in [5.41, 5.74) is 5.79. The SMILES string of the molecule is NCC1CCCC1NC(=O)c1ccc([N+](=O)[O-])cc1Cl. The third-order valence-electron chi connectivity index (χ3n) is 3.69. The Balaban J connectivity index is 2.11. The number of amides is 1. The average Bonchev–Trinajstić information content (AvgIpc) is 2.85. The Hall–Kier alpha value is -1.66. The van der Waals surface area contributed by atoms with Gasteiger partial charge in [0, 0.05) is 18.2 Å². The lowest BCUT2D eigenvalue weighted by molar-refractivity contribution is -0.384. The van der Waals surface area contributed by atoms with Crippen LogP contribution in [0.25, 0.3) is 0 Å². The molecule has 1 aromatic carbocycles. The molecule has 1 fully saturated rings. The van der Waals surface area contributed by atoms with Crippen LogP contribution >= 0.6 is 11.6 Å². The van der Waals surface area contributed by atoms with Gasteiger partial charge >= 0.3 is 0 Å².